The molecule has 3 nitrogen and oxygen atoms in total. The standard InChI is InChI=1S/C26H35NO2/c1-17-13-18(2)26(19(3)16-29-21(5)15-20(4)28-6)23(14-17)25-12-11-22-9-7-8-10-24(22)27-25/h7-14,19-21,25,27H,15-16H2,1-6H3/t19-,20?,21?,25?/m1/s1. The molecule has 4 atom stereocenters. The molecule has 29 heavy (non-hydrogen) atoms. The van der Waals surface area contributed by atoms with Gasteiger partial charge >= 0.3 is 0 Å². The predicted octanol–water partition coefficient (Wildman–Crippen LogP) is 6.42. The zero-order valence-electron chi connectivity index (χ0n) is 18.7. The van der Waals surface area contributed by atoms with E-state index in [0.29, 0.717) is 12.5 Å². The molecule has 1 aliphatic rings. The quantitative estimate of drug-likeness (QED) is 0.561. The summed E-state index contributed by atoms with van der Waals surface area (Å²) in [7, 11) is 1.75. The molecule has 0 aliphatic carbocycles. The first kappa shape index (κ1) is 21.6. The number of benzene rings is 2. The van der Waals surface area contributed by atoms with Gasteiger partial charge in [0, 0.05) is 18.7 Å². The highest BCUT2D eigenvalue weighted by molar-refractivity contribution is 5.71. The lowest BCUT2D eigenvalue weighted by Gasteiger charge is -2.29. The predicted molar refractivity (Wildman–Crippen MR) is 123 cm³/mol. The number of para-hydroxylation sites is 1. The first-order valence-electron chi connectivity index (χ1n) is 10.7. The largest absolute Gasteiger partial charge is 0.382 e. The number of hydrogen-bond acceptors (Lipinski definition) is 3. The van der Waals surface area contributed by atoms with Gasteiger partial charge in [0.15, 0.2) is 0 Å². The molecule has 1 aliphatic heterocycles. The molecule has 3 rings (SSSR count). The summed E-state index contributed by atoms with van der Waals surface area (Å²) in [5, 5.41) is 3.72. The molecule has 2 aromatic carbocycles. The van der Waals surface area contributed by atoms with E-state index >= 15 is 0 Å². The molecule has 0 radical (unpaired) electrons. The van der Waals surface area contributed by atoms with E-state index in [1.54, 1.807) is 7.11 Å². The smallest absolute Gasteiger partial charge is 0.0704 e. The van der Waals surface area contributed by atoms with E-state index in [1.807, 2.05) is 0 Å². The number of hydrogen-bond donors (Lipinski definition) is 1. The van der Waals surface area contributed by atoms with Crippen molar-refractivity contribution in [3.63, 3.8) is 0 Å². The first-order valence-corrected chi connectivity index (χ1v) is 10.7. The summed E-state index contributed by atoms with van der Waals surface area (Å²) in [5.74, 6) is 0.318. The van der Waals surface area contributed by atoms with Gasteiger partial charge in [0.2, 0.25) is 0 Å². The summed E-state index contributed by atoms with van der Waals surface area (Å²) < 4.78 is 11.6. The first-order chi connectivity index (χ1) is 13.9. The third-order valence-corrected chi connectivity index (χ3v) is 5.83. The van der Waals surface area contributed by atoms with Crippen molar-refractivity contribution in [3.05, 3.63) is 70.3 Å². The molecule has 2 aromatic rings. The maximum absolute atomic E-state index is 6.20. The van der Waals surface area contributed by atoms with E-state index < -0.39 is 0 Å². The maximum Gasteiger partial charge on any atom is 0.0704 e. The Kier molecular flexibility index (Phi) is 7.15. The summed E-state index contributed by atoms with van der Waals surface area (Å²) in [4.78, 5) is 0. The number of nitrogens with one attached hydrogen (secondary N) is 1. The lowest BCUT2D eigenvalue weighted by atomic mass is 9.85. The number of methoxy groups -OCH3 is 1. The highest BCUT2D eigenvalue weighted by Gasteiger charge is 2.22. The van der Waals surface area contributed by atoms with Gasteiger partial charge in [0.1, 0.15) is 0 Å². The van der Waals surface area contributed by atoms with Crippen LogP contribution in [0.15, 0.2) is 42.5 Å². The average molecular weight is 394 g/mol. The molecule has 1 N–H and O–H groups in total. The highest BCUT2D eigenvalue weighted by atomic mass is 16.5. The summed E-state index contributed by atoms with van der Waals surface area (Å²) in [6.07, 6.45) is 5.81. The number of ether oxygens (including phenoxy) is 2. The molecule has 0 fully saturated rings. The molecule has 1 heterocycles. The summed E-state index contributed by atoms with van der Waals surface area (Å²) >= 11 is 0. The van der Waals surface area contributed by atoms with Gasteiger partial charge in [-0.2, -0.15) is 0 Å². The molecular weight excluding hydrogens is 358 g/mol. The number of anilines is 1. The van der Waals surface area contributed by atoms with Crippen molar-refractivity contribution in [2.45, 2.75) is 65.2 Å². The monoisotopic (exact) mass is 393 g/mol. The van der Waals surface area contributed by atoms with Gasteiger partial charge in [0.25, 0.3) is 0 Å². The molecular formula is C26H35NO2. The Hall–Kier alpha value is -2.10. The second kappa shape index (κ2) is 9.60. The number of aryl methyl sites for hydroxylation is 2. The van der Waals surface area contributed by atoms with Crippen LogP contribution in [0.25, 0.3) is 6.08 Å². The second-order valence-corrected chi connectivity index (χ2v) is 8.48. The van der Waals surface area contributed by atoms with Crippen molar-refractivity contribution in [1.29, 1.82) is 0 Å². The lowest BCUT2D eigenvalue weighted by Crippen LogP contribution is -2.21. The van der Waals surface area contributed by atoms with Crippen molar-refractivity contribution < 1.29 is 9.47 Å². The minimum absolute atomic E-state index is 0.173. The molecule has 3 unspecified atom stereocenters. The number of rotatable bonds is 8. The average Bonchev–Trinajstić information content (AvgIpc) is 2.71. The Morgan fingerprint density at radius 3 is 2.55 bits per heavy atom. The van der Waals surface area contributed by atoms with Crippen molar-refractivity contribution >= 4 is 11.8 Å². The Morgan fingerprint density at radius 1 is 1.03 bits per heavy atom. The van der Waals surface area contributed by atoms with Crippen molar-refractivity contribution in [3.8, 4) is 0 Å². The van der Waals surface area contributed by atoms with Crippen molar-refractivity contribution in [2.24, 2.45) is 0 Å². The minimum atomic E-state index is 0.173. The number of fused-ring (bicyclic) bond motifs is 1. The fourth-order valence-corrected chi connectivity index (χ4v) is 4.34. The molecule has 0 amide bonds. The Balaban J connectivity index is 1.81. The molecule has 0 bridgehead atoms. The third-order valence-electron chi connectivity index (χ3n) is 5.83. The van der Waals surface area contributed by atoms with E-state index in [0.717, 1.165) is 6.42 Å². The molecule has 0 saturated carbocycles. The molecule has 0 aromatic heterocycles. The van der Waals surface area contributed by atoms with Crippen LogP contribution in [0.5, 0.6) is 0 Å². The van der Waals surface area contributed by atoms with Crippen LogP contribution in [0.2, 0.25) is 0 Å². The summed E-state index contributed by atoms with van der Waals surface area (Å²) in [6.45, 7) is 11.6. The van der Waals surface area contributed by atoms with Gasteiger partial charge < -0.3 is 14.8 Å². The second-order valence-electron chi connectivity index (χ2n) is 8.48. The molecule has 3 heteroatoms. The normalized spacial score (nSPS) is 18.6. The maximum atomic E-state index is 6.20. The minimum Gasteiger partial charge on any atom is -0.382 e. The van der Waals surface area contributed by atoms with E-state index in [9.17, 15) is 0 Å². The Morgan fingerprint density at radius 2 is 1.79 bits per heavy atom. The summed E-state index contributed by atoms with van der Waals surface area (Å²) in [6, 6.07) is 13.3. The highest BCUT2D eigenvalue weighted by Crippen LogP contribution is 2.36. The van der Waals surface area contributed by atoms with Crippen LogP contribution < -0.4 is 5.32 Å². The van der Waals surface area contributed by atoms with Gasteiger partial charge in [-0.15, -0.1) is 0 Å². The van der Waals surface area contributed by atoms with Gasteiger partial charge in [-0.1, -0.05) is 55.0 Å². The van der Waals surface area contributed by atoms with Crippen molar-refractivity contribution in [2.75, 3.05) is 19.0 Å². The third kappa shape index (κ3) is 5.29. The van der Waals surface area contributed by atoms with Crippen LogP contribution in [0.1, 0.15) is 67.0 Å². The fraction of sp³-hybridized carbons (Fsp3) is 0.462. The van der Waals surface area contributed by atoms with Crippen LogP contribution in [0.4, 0.5) is 5.69 Å². The van der Waals surface area contributed by atoms with Gasteiger partial charge in [-0.05, 0) is 62.4 Å². The lowest BCUT2D eigenvalue weighted by molar-refractivity contribution is 0.00995. The van der Waals surface area contributed by atoms with Crippen molar-refractivity contribution in [1.82, 2.24) is 0 Å². The van der Waals surface area contributed by atoms with E-state index in [2.05, 4.69) is 88.5 Å². The topological polar surface area (TPSA) is 30.5 Å². The summed E-state index contributed by atoms with van der Waals surface area (Å²) in [5.41, 5.74) is 7.81. The Bertz CT molecular complexity index is 858. The van der Waals surface area contributed by atoms with E-state index in [1.165, 1.54) is 33.5 Å². The molecule has 0 saturated heterocycles. The van der Waals surface area contributed by atoms with Gasteiger partial charge in [-0.25, -0.2) is 0 Å². The molecule has 156 valence electrons. The van der Waals surface area contributed by atoms with Gasteiger partial charge in [0.05, 0.1) is 24.9 Å². The van der Waals surface area contributed by atoms with E-state index in [-0.39, 0.29) is 18.2 Å². The zero-order chi connectivity index (χ0) is 21.0. The Labute approximate surface area is 176 Å². The molecule has 0 spiro atoms. The van der Waals surface area contributed by atoms with E-state index in [4.69, 9.17) is 9.47 Å². The van der Waals surface area contributed by atoms with Crippen LogP contribution in [0, 0.1) is 13.8 Å². The van der Waals surface area contributed by atoms with Crippen LogP contribution >= 0.6 is 0 Å². The van der Waals surface area contributed by atoms with Crippen LogP contribution in [-0.2, 0) is 9.47 Å². The van der Waals surface area contributed by atoms with Gasteiger partial charge in [-0.3, -0.25) is 0 Å². The van der Waals surface area contributed by atoms with Crippen LogP contribution in [-0.4, -0.2) is 25.9 Å². The zero-order valence-corrected chi connectivity index (χ0v) is 18.7. The SMILES string of the molecule is COC(C)CC(C)OC[C@@H](C)c1c(C)cc(C)cc1C1C=Cc2ccccc2N1. The van der Waals surface area contributed by atoms with Crippen LogP contribution in [0.3, 0.4) is 0 Å². The fourth-order valence-electron chi connectivity index (χ4n) is 4.34.